The van der Waals surface area contributed by atoms with Crippen LogP contribution in [0.1, 0.15) is 55.7 Å². The van der Waals surface area contributed by atoms with Gasteiger partial charge in [-0.05, 0) is 56.7 Å². The number of phenols is 1. The fourth-order valence-electron chi connectivity index (χ4n) is 4.33. The number of amides is 1. The highest BCUT2D eigenvalue weighted by Gasteiger charge is 2.32. The zero-order valence-electron chi connectivity index (χ0n) is 17.4. The van der Waals surface area contributed by atoms with E-state index in [0.717, 1.165) is 61.5 Å². The van der Waals surface area contributed by atoms with Crippen molar-refractivity contribution >= 4 is 11.9 Å². The minimum Gasteiger partial charge on any atom is -0.507 e. The van der Waals surface area contributed by atoms with Crippen LogP contribution in [0.5, 0.6) is 5.75 Å². The third kappa shape index (κ3) is 4.97. The zero-order valence-corrected chi connectivity index (χ0v) is 17.4. The van der Waals surface area contributed by atoms with Crippen LogP contribution in [0.4, 0.5) is 0 Å². The molecule has 0 bridgehead atoms. The van der Waals surface area contributed by atoms with Crippen LogP contribution in [0.3, 0.4) is 0 Å². The van der Waals surface area contributed by atoms with Crippen molar-refractivity contribution in [3.8, 4) is 5.75 Å². The quantitative estimate of drug-likeness (QED) is 0.537. The van der Waals surface area contributed by atoms with E-state index in [1.54, 1.807) is 0 Å². The smallest absolute Gasteiger partial charge is 0.225 e. The second-order valence-electron chi connectivity index (χ2n) is 8.17. The molecule has 1 unspecified atom stereocenters. The molecule has 0 radical (unpaired) electrons. The first-order valence-electron chi connectivity index (χ1n) is 10.6. The fourth-order valence-corrected chi connectivity index (χ4v) is 4.33. The Morgan fingerprint density at radius 1 is 1.21 bits per heavy atom. The van der Waals surface area contributed by atoms with Crippen molar-refractivity contribution in [2.75, 3.05) is 19.6 Å². The maximum atomic E-state index is 12.6. The Hall–Kier alpha value is -2.24. The molecule has 6 nitrogen and oxygen atoms in total. The standard InChI is InChI=1S/C22H34N4O2/c1-4-23-22(24-13-17-11-15(2)20(27)16(3)12-17)25-19-9-10-26(14-19)21(28)18-7-5-6-8-18/h11-12,18-19,27H,4-10,13-14H2,1-3H3,(H2,23,24,25). The van der Waals surface area contributed by atoms with Gasteiger partial charge in [0.05, 0.1) is 6.54 Å². The number of aliphatic imine (C=N–C) groups is 1. The lowest BCUT2D eigenvalue weighted by Gasteiger charge is -2.21. The van der Waals surface area contributed by atoms with Gasteiger partial charge in [0.25, 0.3) is 0 Å². The predicted octanol–water partition coefficient (Wildman–Crippen LogP) is 2.86. The average molecular weight is 387 g/mol. The number of hydrogen-bond donors (Lipinski definition) is 3. The molecule has 154 valence electrons. The van der Waals surface area contributed by atoms with Gasteiger partial charge in [0, 0.05) is 31.6 Å². The van der Waals surface area contributed by atoms with Gasteiger partial charge in [0.2, 0.25) is 5.91 Å². The number of benzene rings is 1. The number of nitrogens with one attached hydrogen (secondary N) is 2. The molecule has 3 rings (SSSR count). The maximum absolute atomic E-state index is 12.6. The van der Waals surface area contributed by atoms with Crippen LogP contribution in [0, 0.1) is 19.8 Å². The summed E-state index contributed by atoms with van der Waals surface area (Å²) in [5, 5.41) is 16.7. The molecule has 1 saturated heterocycles. The summed E-state index contributed by atoms with van der Waals surface area (Å²) in [7, 11) is 0. The Morgan fingerprint density at radius 2 is 1.89 bits per heavy atom. The van der Waals surface area contributed by atoms with Crippen molar-refractivity contribution in [1.82, 2.24) is 15.5 Å². The number of guanidine groups is 1. The first-order valence-corrected chi connectivity index (χ1v) is 10.6. The topological polar surface area (TPSA) is 77.0 Å². The molecule has 0 aromatic heterocycles. The highest BCUT2D eigenvalue weighted by molar-refractivity contribution is 5.81. The first kappa shape index (κ1) is 20.5. The van der Waals surface area contributed by atoms with Gasteiger partial charge in [-0.15, -0.1) is 0 Å². The Balaban J connectivity index is 1.58. The molecule has 1 aromatic carbocycles. The minimum absolute atomic E-state index is 0.242. The van der Waals surface area contributed by atoms with E-state index in [-0.39, 0.29) is 12.0 Å². The molecule has 0 spiro atoms. The van der Waals surface area contributed by atoms with E-state index in [2.05, 4.69) is 17.6 Å². The number of aryl methyl sites for hydroxylation is 2. The van der Waals surface area contributed by atoms with E-state index < -0.39 is 0 Å². The van der Waals surface area contributed by atoms with Gasteiger partial charge in [-0.2, -0.15) is 0 Å². The van der Waals surface area contributed by atoms with Gasteiger partial charge in [-0.1, -0.05) is 25.0 Å². The highest BCUT2D eigenvalue weighted by atomic mass is 16.3. The Bertz CT molecular complexity index is 702. The summed E-state index contributed by atoms with van der Waals surface area (Å²) in [4.78, 5) is 19.4. The average Bonchev–Trinajstić information content (AvgIpc) is 3.36. The molecular formula is C22H34N4O2. The van der Waals surface area contributed by atoms with Gasteiger partial charge >= 0.3 is 0 Å². The predicted molar refractivity (Wildman–Crippen MR) is 112 cm³/mol. The number of likely N-dealkylation sites (tertiary alicyclic amines) is 1. The van der Waals surface area contributed by atoms with Crippen molar-refractivity contribution < 1.29 is 9.90 Å². The lowest BCUT2D eigenvalue weighted by Crippen LogP contribution is -2.45. The molecule has 1 saturated carbocycles. The Labute approximate surface area is 168 Å². The molecule has 1 heterocycles. The lowest BCUT2D eigenvalue weighted by atomic mass is 10.1. The molecule has 1 aliphatic carbocycles. The second-order valence-corrected chi connectivity index (χ2v) is 8.17. The third-order valence-corrected chi connectivity index (χ3v) is 5.86. The van der Waals surface area contributed by atoms with Crippen LogP contribution in [0.2, 0.25) is 0 Å². The normalized spacial score (nSPS) is 20.6. The van der Waals surface area contributed by atoms with E-state index in [0.29, 0.717) is 18.2 Å². The van der Waals surface area contributed by atoms with Gasteiger partial charge in [0.15, 0.2) is 5.96 Å². The molecule has 3 N–H and O–H groups in total. The maximum Gasteiger partial charge on any atom is 0.225 e. The summed E-state index contributed by atoms with van der Waals surface area (Å²) in [6, 6.07) is 4.20. The van der Waals surface area contributed by atoms with Gasteiger partial charge in [0.1, 0.15) is 5.75 Å². The van der Waals surface area contributed by atoms with Crippen molar-refractivity contribution in [2.24, 2.45) is 10.9 Å². The summed E-state index contributed by atoms with van der Waals surface area (Å²) in [6.45, 7) is 8.81. The number of rotatable bonds is 5. The number of nitrogens with zero attached hydrogens (tertiary/aromatic N) is 2. The first-order chi connectivity index (χ1) is 13.5. The zero-order chi connectivity index (χ0) is 20.1. The molecule has 2 aliphatic rings. The fraction of sp³-hybridized carbons (Fsp3) is 0.636. The summed E-state index contributed by atoms with van der Waals surface area (Å²) in [5.41, 5.74) is 2.83. The van der Waals surface area contributed by atoms with Crippen LogP contribution < -0.4 is 10.6 Å². The molecular weight excluding hydrogens is 352 g/mol. The summed E-state index contributed by atoms with van der Waals surface area (Å²) in [6.07, 6.45) is 5.46. The van der Waals surface area contributed by atoms with E-state index in [1.165, 1.54) is 12.8 Å². The molecule has 1 aliphatic heterocycles. The van der Waals surface area contributed by atoms with Crippen molar-refractivity contribution in [1.29, 1.82) is 0 Å². The molecule has 6 heteroatoms. The monoisotopic (exact) mass is 386 g/mol. The van der Waals surface area contributed by atoms with Gasteiger partial charge in [-0.3, -0.25) is 4.79 Å². The number of hydrogen-bond acceptors (Lipinski definition) is 3. The molecule has 1 aromatic rings. The van der Waals surface area contributed by atoms with E-state index in [4.69, 9.17) is 4.99 Å². The molecule has 1 amide bonds. The number of carbonyl (C=O) groups is 1. The number of aromatic hydroxyl groups is 1. The molecule has 2 fully saturated rings. The number of phenolic OH excluding ortho intramolecular Hbond substituents is 1. The Morgan fingerprint density at radius 3 is 2.54 bits per heavy atom. The van der Waals surface area contributed by atoms with E-state index in [1.807, 2.05) is 30.9 Å². The lowest BCUT2D eigenvalue weighted by molar-refractivity contribution is -0.134. The number of carbonyl (C=O) groups excluding carboxylic acids is 1. The Kier molecular flexibility index (Phi) is 6.81. The van der Waals surface area contributed by atoms with Crippen molar-refractivity contribution in [3.05, 3.63) is 28.8 Å². The largest absolute Gasteiger partial charge is 0.507 e. The van der Waals surface area contributed by atoms with Crippen LogP contribution in [0.25, 0.3) is 0 Å². The second kappa shape index (κ2) is 9.30. The summed E-state index contributed by atoms with van der Waals surface area (Å²) in [5.74, 6) is 1.74. The van der Waals surface area contributed by atoms with E-state index in [9.17, 15) is 9.90 Å². The molecule has 1 atom stereocenters. The summed E-state index contributed by atoms with van der Waals surface area (Å²) >= 11 is 0. The van der Waals surface area contributed by atoms with Crippen molar-refractivity contribution in [3.63, 3.8) is 0 Å². The van der Waals surface area contributed by atoms with Crippen LogP contribution in [0.15, 0.2) is 17.1 Å². The minimum atomic E-state index is 0.242. The van der Waals surface area contributed by atoms with Crippen LogP contribution >= 0.6 is 0 Å². The van der Waals surface area contributed by atoms with Crippen molar-refractivity contribution in [2.45, 2.75) is 65.5 Å². The van der Waals surface area contributed by atoms with Crippen LogP contribution in [-0.4, -0.2) is 47.5 Å². The van der Waals surface area contributed by atoms with Gasteiger partial charge < -0.3 is 20.6 Å². The molecule has 28 heavy (non-hydrogen) atoms. The summed E-state index contributed by atoms with van der Waals surface area (Å²) < 4.78 is 0. The third-order valence-electron chi connectivity index (χ3n) is 5.86. The van der Waals surface area contributed by atoms with Gasteiger partial charge in [-0.25, -0.2) is 4.99 Å². The highest BCUT2D eigenvalue weighted by Crippen LogP contribution is 2.28. The van der Waals surface area contributed by atoms with E-state index >= 15 is 0 Å². The SMILES string of the molecule is CCNC(=NCc1cc(C)c(O)c(C)c1)NC1CCN(C(=O)C2CCCC2)C1. The van der Waals surface area contributed by atoms with Crippen LogP contribution in [-0.2, 0) is 11.3 Å².